The lowest BCUT2D eigenvalue weighted by Crippen LogP contribution is -2.26. The minimum atomic E-state index is 0.418. The molecule has 90 valence electrons. The van der Waals surface area contributed by atoms with Gasteiger partial charge in [-0.1, -0.05) is 31.7 Å². The monoisotopic (exact) mass is 228 g/mol. The molecule has 0 fully saturated rings. The number of allylic oxidation sites excluding steroid dienone is 1. The van der Waals surface area contributed by atoms with Crippen LogP contribution in [-0.4, -0.2) is 11.0 Å². The Morgan fingerprint density at radius 2 is 2.18 bits per heavy atom. The summed E-state index contributed by atoms with van der Waals surface area (Å²) in [4.78, 5) is 3.31. The summed E-state index contributed by atoms with van der Waals surface area (Å²) in [6, 6.07) is 8.85. The average molecular weight is 228 g/mol. The van der Waals surface area contributed by atoms with Gasteiger partial charge in [-0.2, -0.15) is 0 Å². The van der Waals surface area contributed by atoms with Gasteiger partial charge in [-0.25, -0.2) is 0 Å². The van der Waals surface area contributed by atoms with E-state index >= 15 is 0 Å². The average Bonchev–Trinajstić information content (AvgIpc) is 2.72. The van der Waals surface area contributed by atoms with Crippen LogP contribution in [0.1, 0.15) is 25.8 Å². The van der Waals surface area contributed by atoms with Gasteiger partial charge < -0.3 is 10.3 Å². The van der Waals surface area contributed by atoms with E-state index < -0.39 is 0 Å². The molecule has 0 saturated carbocycles. The Morgan fingerprint density at radius 3 is 2.94 bits per heavy atom. The first kappa shape index (κ1) is 11.8. The van der Waals surface area contributed by atoms with Crippen molar-refractivity contribution in [2.45, 2.75) is 32.7 Å². The molecule has 0 amide bonds. The zero-order valence-electron chi connectivity index (χ0n) is 10.6. The summed E-state index contributed by atoms with van der Waals surface area (Å²) < 4.78 is 0. The third-order valence-corrected chi connectivity index (χ3v) is 3.08. The highest BCUT2D eigenvalue weighted by atomic mass is 14.9. The Bertz CT molecular complexity index is 510. The van der Waals surface area contributed by atoms with Crippen LogP contribution in [0.3, 0.4) is 0 Å². The molecule has 0 aliphatic rings. The van der Waals surface area contributed by atoms with Gasteiger partial charge in [0.05, 0.1) is 0 Å². The summed E-state index contributed by atoms with van der Waals surface area (Å²) in [7, 11) is 0. The van der Waals surface area contributed by atoms with Crippen LogP contribution in [0.25, 0.3) is 10.9 Å². The van der Waals surface area contributed by atoms with Gasteiger partial charge in [0, 0.05) is 28.8 Å². The van der Waals surface area contributed by atoms with Crippen LogP contribution >= 0.6 is 0 Å². The van der Waals surface area contributed by atoms with Crippen molar-refractivity contribution in [3.05, 3.63) is 48.3 Å². The van der Waals surface area contributed by atoms with Crippen LogP contribution in [0.15, 0.2) is 42.7 Å². The van der Waals surface area contributed by atoms with Crippen molar-refractivity contribution in [1.29, 1.82) is 0 Å². The number of nitrogens with one attached hydrogen (secondary N) is 2. The van der Waals surface area contributed by atoms with Gasteiger partial charge in [0.25, 0.3) is 0 Å². The van der Waals surface area contributed by atoms with Crippen LogP contribution < -0.4 is 5.32 Å². The van der Waals surface area contributed by atoms with Crippen molar-refractivity contribution >= 4 is 10.9 Å². The SMILES string of the molecule is C=C(CC)N[C@H](C)Cc1c[nH]c2ccccc12. The Balaban J connectivity index is 2.10. The van der Waals surface area contributed by atoms with E-state index in [-0.39, 0.29) is 0 Å². The molecule has 2 nitrogen and oxygen atoms in total. The highest BCUT2D eigenvalue weighted by molar-refractivity contribution is 5.83. The molecule has 0 aliphatic heterocycles. The number of aromatic nitrogens is 1. The smallest absolute Gasteiger partial charge is 0.0456 e. The van der Waals surface area contributed by atoms with Crippen molar-refractivity contribution in [1.82, 2.24) is 10.3 Å². The van der Waals surface area contributed by atoms with Crippen LogP contribution in [0, 0.1) is 0 Å². The van der Waals surface area contributed by atoms with Gasteiger partial charge in [0.15, 0.2) is 0 Å². The molecular formula is C15H20N2. The molecule has 2 rings (SSSR count). The first-order valence-electron chi connectivity index (χ1n) is 6.20. The fourth-order valence-electron chi connectivity index (χ4n) is 2.13. The maximum Gasteiger partial charge on any atom is 0.0456 e. The van der Waals surface area contributed by atoms with E-state index in [0.29, 0.717) is 6.04 Å². The number of hydrogen-bond donors (Lipinski definition) is 2. The summed E-state index contributed by atoms with van der Waals surface area (Å²) in [5.41, 5.74) is 3.69. The largest absolute Gasteiger partial charge is 0.386 e. The fourth-order valence-corrected chi connectivity index (χ4v) is 2.13. The second-order valence-electron chi connectivity index (χ2n) is 4.57. The molecule has 2 heteroatoms. The maximum atomic E-state index is 3.99. The minimum Gasteiger partial charge on any atom is -0.386 e. The zero-order valence-corrected chi connectivity index (χ0v) is 10.6. The molecule has 1 atom stereocenters. The van der Waals surface area contributed by atoms with Crippen LogP contribution in [0.5, 0.6) is 0 Å². The molecule has 0 aliphatic carbocycles. The van der Waals surface area contributed by atoms with Crippen molar-refractivity contribution in [2.75, 3.05) is 0 Å². The summed E-state index contributed by atoms with van der Waals surface area (Å²) in [5.74, 6) is 0. The second kappa shape index (κ2) is 5.09. The number of H-pyrrole nitrogens is 1. The summed E-state index contributed by atoms with van der Waals surface area (Å²) in [5, 5.41) is 4.75. The highest BCUT2D eigenvalue weighted by Crippen LogP contribution is 2.19. The number of para-hydroxylation sites is 1. The molecule has 1 aromatic heterocycles. The zero-order chi connectivity index (χ0) is 12.3. The van der Waals surface area contributed by atoms with Crippen molar-refractivity contribution < 1.29 is 0 Å². The van der Waals surface area contributed by atoms with E-state index in [4.69, 9.17) is 0 Å². The number of rotatable bonds is 5. The lowest BCUT2D eigenvalue weighted by molar-refractivity contribution is 0.601. The first-order chi connectivity index (χ1) is 8.20. The van der Waals surface area contributed by atoms with E-state index in [0.717, 1.165) is 18.5 Å². The molecule has 0 radical (unpaired) electrons. The first-order valence-corrected chi connectivity index (χ1v) is 6.20. The lowest BCUT2D eigenvalue weighted by Gasteiger charge is -2.15. The third-order valence-electron chi connectivity index (χ3n) is 3.08. The summed E-state index contributed by atoms with van der Waals surface area (Å²) >= 11 is 0. The number of aromatic amines is 1. The number of benzene rings is 1. The molecule has 0 saturated heterocycles. The molecule has 0 bridgehead atoms. The predicted molar refractivity (Wildman–Crippen MR) is 74.0 cm³/mol. The van der Waals surface area contributed by atoms with Gasteiger partial charge in [0.1, 0.15) is 0 Å². The van der Waals surface area contributed by atoms with Gasteiger partial charge in [-0.05, 0) is 31.4 Å². The molecule has 1 heterocycles. The second-order valence-corrected chi connectivity index (χ2v) is 4.57. The number of fused-ring (bicyclic) bond motifs is 1. The van der Waals surface area contributed by atoms with Crippen LogP contribution in [-0.2, 0) is 6.42 Å². The van der Waals surface area contributed by atoms with Crippen molar-refractivity contribution in [3.63, 3.8) is 0 Å². The molecular weight excluding hydrogens is 208 g/mol. The van der Waals surface area contributed by atoms with Gasteiger partial charge >= 0.3 is 0 Å². The molecule has 0 spiro atoms. The van der Waals surface area contributed by atoms with Crippen molar-refractivity contribution in [2.24, 2.45) is 0 Å². The molecule has 17 heavy (non-hydrogen) atoms. The Hall–Kier alpha value is -1.70. The van der Waals surface area contributed by atoms with E-state index in [2.05, 4.69) is 61.2 Å². The van der Waals surface area contributed by atoms with E-state index in [1.807, 2.05) is 0 Å². The van der Waals surface area contributed by atoms with Gasteiger partial charge in [-0.15, -0.1) is 0 Å². The van der Waals surface area contributed by atoms with E-state index in [1.54, 1.807) is 0 Å². The Labute approximate surface area is 103 Å². The Morgan fingerprint density at radius 1 is 1.41 bits per heavy atom. The molecule has 0 unspecified atom stereocenters. The van der Waals surface area contributed by atoms with Gasteiger partial charge in [-0.3, -0.25) is 0 Å². The summed E-state index contributed by atoms with van der Waals surface area (Å²) in [6.07, 6.45) is 4.11. The summed E-state index contributed by atoms with van der Waals surface area (Å²) in [6.45, 7) is 8.30. The maximum absolute atomic E-state index is 3.99. The van der Waals surface area contributed by atoms with Crippen molar-refractivity contribution in [3.8, 4) is 0 Å². The van der Waals surface area contributed by atoms with Crippen LogP contribution in [0.2, 0.25) is 0 Å². The standard InChI is InChI=1S/C15H20N2/c1-4-11(2)17-12(3)9-13-10-16-15-8-6-5-7-14(13)15/h5-8,10,12,16-17H,2,4,9H2,1,3H3/t12-/m1/s1. The molecule has 1 aromatic carbocycles. The molecule has 2 N–H and O–H groups in total. The van der Waals surface area contributed by atoms with E-state index in [1.165, 1.54) is 16.5 Å². The lowest BCUT2D eigenvalue weighted by atomic mass is 10.1. The predicted octanol–water partition coefficient (Wildman–Crippen LogP) is 3.61. The fraction of sp³-hybridized carbons (Fsp3) is 0.333. The molecule has 2 aromatic rings. The van der Waals surface area contributed by atoms with E-state index in [9.17, 15) is 0 Å². The topological polar surface area (TPSA) is 27.8 Å². The Kier molecular flexibility index (Phi) is 3.52. The quantitative estimate of drug-likeness (QED) is 0.804. The normalized spacial score (nSPS) is 12.6. The number of hydrogen-bond acceptors (Lipinski definition) is 1. The third kappa shape index (κ3) is 2.70. The highest BCUT2D eigenvalue weighted by Gasteiger charge is 2.07. The van der Waals surface area contributed by atoms with Crippen LogP contribution in [0.4, 0.5) is 0 Å². The minimum absolute atomic E-state index is 0.418. The van der Waals surface area contributed by atoms with Gasteiger partial charge in [0.2, 0.25) is 0 Å².